The van der Waals surface area contributed by atoms with Crippen molar-refractivity contribution in [1.29, 1.82) is 0 Å². The van der Waals surface area contributed by atoms with Crippen LogP contribution in [0, 0.1) is 17.7 Å². The molecule has 0 aromatic heterocycles. The molecule has 6 rings (SSSR count). The van der Waals surface area contributed by atoms with E-state index >= 15 is 0 Å². The lowest BCUT2D eigenvalue weighted by Crippen LogP contribution is -2.69. The van der Waals surface area contributed by atoms with Crippen molar-refractivity contribution >= 4 is 17.7 Å². The first kappa shape index (κ1) is 18.5. The molecule has 0 bridgehead atoms. The van der Waals surface area contributed by atoms with E-state index in [1.165, 1.54) is 38.1 Å². The van der Waals surface area contributed by atoms with Crippen LogP contribution in [0.25, 0.3) is 0 Å². The molecule has 5 atom stereocenters. The maximum Gasteiger partial charge on any atom is 0.262 e. The van der Waals surface area contributed by atoms with Crippen molar-refractivity contribution in [2.75, 3.05) is 19.6 Å². The molecule has 1 aromatic rings. The fraction of sp³-hybridized carbons (Fsp3) is 0.609. The summed E-state index contributed by atoms with van der Waals surface area (Å²) in [7, 11) is 0. The SMILES string of the molecule is O=C1c2ccc(F)cc2C(=O)N1C1CC[C@@H]2[C@H]3CCCN4CCC[C@@H](CN2C1=O)[C@@H]34. The highest BCUT2D eigenvalue weighted by Crippen LogP contribution is 2.45. The first-order valence-corrected chi connectivity index (χ1v) is 11.3. The van der Waals surface area contributed by atoms with Crippen molar-refractivity contribution < 1.29 is 18.8 Å². The molecular formula is C23H26FN3O3. The number of benzene rings is 1. The standard InChI is InChI=1S/C23H26FN3O3/c24-14-5-6-15-17(11-14)22(29)27(21(15)28)19-8-7-18-16-4-2-10-25-9-1-3-13(20(16)25)12-26(18)23(19)30/h5-6,11,13,16,18-20H,1-4,7-10,12H2/t13-,16+,18+,19?,20-/m0/s1. The number of carbonyl (C=O) groups excluding carboxylic acids is 3. The molecule has 158 valence electrons. The molecule has 5 aliphatic rings. The summed E-state index contributed by atoms with van der Waals surface area (Å²) in [5, 5.41) is 0. The molecule has 4 fully saturated rings. The van der Waals surface area contributed by atoms with E-state index in [1.807, 2.05) is 4.90 Å². The summed E-state index contributed by atoms with van der Waals surface area (Å²) in [6.45, 7) is 3.08. The van der Waals surface area contributed by atoms with Crippen molar-refractivity contribution in [1.82, 2.24) is 14.7 Å². The Bertz CT molecular complexity index is 948. The zero-order valence-corrected chi connectivity index (χ0v) is 16.9. The van der Waals surface area contributed by atoms with Crippen LogP contribution in [-0.4, -0.2) is 70.2 Å². The lowest BCUT2D eigenvalue weighted by molar-refractivity contribution is -0.156. The van der Waals surface area contributed by atoms with Crippen LogP contribution in [0.3, 0.4) is 0 Å². The average Bonchev–Trinajstić information content (AvgIpc) is 2.99. The summed E-state index contributed by atoms with van der Waals surface area (Å²) in [6, 6.07) is 3.68. The normalized spacial score (nSPS) is 35.9. The highest BCUT2D eigenvalue weighted by Gasteiger charge is 2.54. The zero-order chi connectivity index (χ0) is 20.6. The Morgan fingerprint density at radius 1 is 0.900 bits per heavy atom. The number of hydrogen-bond donors (Lipinski definition) is 0. The van der Waals surface area contributed by atoms with Gasteiger partial charge < -0.3 is 4.90 Å². The third-order valence-corrected chi connectivity index (χ3v) is 8.17. The second-order valence-corrected chi connectivity index (χ2v) is 9.56. The number of fused-ring (bicyclic) bond motifs is 3. The van der Waals surface area contributed by atoms with Crippen molar-refractivity contribution in [2.45, 2.75) is 56.7 Å². The molecule has 5 heterocycles. The summed E-state index contributed by atoms with van der Waals surface area (Å²) >= 11 is 0. The maximum absolute atomic E-state index is 13.6. The van der Waals surface area contributed by atoms with Gasteiger partial charge in [0.1, 0.15) is 11.9 Å². The summed E-state index contributed by atoms with van der Waals surface area (Å²) in [5.41, 5.74) is 0.272. The number of halogens is 1. The summed E-state index contributed by atoms with van der Waals surface area (Å²) in [4.78, 5) is 45.2. The predicted octanol–water partition coefficient (Wildman–Crippen LogP) is 2.29. The summed E-state index contributed by atoms with van der Waals surface area (Å²) < 4.78 is 13.6. The van der Waals surface area contributed by atoms with Crippen LogP contribution in [0.4, 0.5) is 4.39 Å². The molecule has 0 radical (unpaired) electrons. The van der Waals surface area contributed by atoms with Gasteiger partial charge in [-0.25, -0.2) is 4.39 Å². The summed E-state index contributed by atoms with van der Waals surface area (Å²) in [6.07, 6.45) is 5.98. The molecule has 30 heavy (non-hydrogen) atoms. The Morgan fingerprint density at radius 2 is 1.67 bits per heavy atom. The van der Waals surface area contributed by atoms with Crippen molar-refractivity contribution in [3.63, 3.8) is 0 Å². The molecule has 5 aliphatic heterocycles. The van der Waals surface area contributed by atoms with Gasteiger partial charge in [-0.1, -0.05) is 0 Å². The van der Waals surface area contributed by atoms with E-state index < -0.39 is 23.7 Å². The molecule has 0 spiro atoms. The molecule has 7 heteroatoms. The van der Waals surface area contributed by atoms with E-state index in [0.717, 1.165) is 36.8 Å². The first-order chi connectivity index (χ1) is 14.5. The highest BCUT2D eigenvalue weighted by atomic mass is 19.1. The van der Waals surface area contributed by atoms with Gasteiger partial charge in [0, 0.05) is 18.6 Å². The van der Waals surface area contributed by atoms with Crippen molar-refractivity contribution in [2.24, 2.45) is 11.8 Å². The molecule has 4 saturated heterocycles. The Hall–Kier alpha value is -2.28. The molecule has 0 aliphatic carbocycles. The molecule has 1 unspecified atom stereocenters. The van der Waals surface area contributed by atoms with Gasteiger partial charge in [0.2, 0.25) is 5.91 Å². The predicted molar refractivity (Wildman–Crippen MR) is 106 cm³/mol. The van der Waals surface area contributed by atoms with Gasteiger partial charge in [0.15, 0.2) is 0 Å². The van der Waals surface area contributed by atoms with Crippen LogP contribution >= 0.6 is 0 Å². The Morgan fingerprint density at radius 3 is 2.50 bits per heavy atom. The lowest BCUT2D eigenvalue weighted by Gasteiger charge is -2.59. The van der Waals surface area contributed by atoms with Crippen molar-refractivity contribution in [3.8, 4) is 0 Å². The smallest absolute Gasteiger partial charge is 0.262 e. The first-order valence-electron chi connectivity index (χ1n) is 11.3. The van der Waals surface area contributed by atoms with Gasteiger partial charge in [-0.2, -0.15) is 0 Å². The van der Waals surface area contributed by atoms with Crippen LogP contribution in [0.5, 0.6) is 0 Å². The van der Waals surface area contributed by atoms with Crippen LogP contribution in [-0.2, 0) is 4.79 Å². The number of nitrogens with zero attached hydrogens (tertiary/aromatic N) is 3. The van der Waals surface area contributed by atoms with Crippen molar-refractivity contribution in [3.05, 3.63) is 35.1 Å². The second kappa shape index (κ2) is 6.61. The van der Waals surface area contributed by atoms with E-state index in [-0.39, 0.29) is 23.1 Å². The molecule has 0 N–H and O–H groups in total. The lowest BCUT2D eigenvalue weighted by atomic mass is 9.67. The molecule has 1 aromatic carbocycles. The topological polar surface area (TPSA) is 60.9 Å². The van der Waals surface area contributed by atoms with E-state index in [1.54, 1.807) is 0 Å². The third kappa shape index (κ3) is 2.47. The average molecular weight is 411 g/mol. The van der Waals surface area contributed by atoms with Gasteiger partial charge in [0.25, 0.3) is 11.8 Å². The van der Waals surface area contributed by atoms with E-state index in [9.17, 15) is 18.8 Å². The van der Waals surface area contributed by atoms with E-state index in [4.69, 9.17) is 0 Å². The Kier molecular flexibility index (Phi) is 4.07. The van der Waals surface area contributed by atoms with Crippen LogP contribution < -0.4 is 0 Å². The number of piperidine rings is 4. The van der Waals surface area contributed by atoms with Gasteiger partial charge in [0.05, 0.1) is 11.1 Å². The minimum atomic E-state index is -0.767. The number of carbonyl (C=O) groups is 3. The minimum absolute atomic E-state index is 0.0730. The maximum atomic E-state index is 13.6. The Labute approximate surface area is 175 Å². The molecule has 3 amide bonds. The number of amides is 3. The molecular weight excluding hydrogens is 385 g/mol. The monoisotopic (exact) mass is 411 g/mol. The van der Waals surface area contributed by atoms with Gasteiger partial charge >= 0.3 is 0 Å². The van der Waals surface area contributed by atoms with Crippen LogP contribution in [0.15, 0.2) is 18.2 Å². The third-order valence-electron chi connectivity index (χ3n) is 8.17. The summed E-state index contributed by atoms with van der Waals surface area (Å²) in [5.74, 6) is -0.667. The number of hydrogen-bond acceptors (Lipinski definition) is 4. The fourth-order valence-corrected chi connectivity index (χ4v) is 7.02. The molecule has 6 nitrogen and oxygen atoms in total. The van der Waals surface area contributed by atoms with E-state index in [0.29, 0.717) is 24.3 Å². The second-order valence-electron chi connectivity index (χ2n) is 9.56. The minimum Gasteiger partial charge on any atom is -0.337 e. The zero-order valence-electron chi connectivity index (χ0n) is 16.9. The quantitative estimate of drug-likeness (QED) is 0.666. The number of imide groups is 1. The fourth-order valence-electron chi connectivity index (χ4n) is 7.02. The van der Waals surface area contributed by atoms with Gasteiger partial charge in [-0.3, -0.25) is 24.2 Å². The number of rotatable bonds is 1. The molecule has 0 saturated carbocycles. The van der Waals surface area contributed by atoms with Crippen LogP contribution in [0.2, 0.25) is 0 Å². The van der Waals surface area contributed by atoms with Crippen LogP contribution in [0.1, 0.15) is 59.2 Å². The largest absolute Gasteiger partial charge is 0.337 e. The highest BCUT2D eigenvalue weighted by molar-refractivity contribution is 6.22. The van der Waals surface area contributed by atoms with E-state index in [2.05, 4.69) is 4.90 Å². The van der Waals surface area contributed by atoms with Gasteiger partial charge in [-0.15, -0.1) is 0 Å². The Balaban J connectivity index is 1.29. The van der Waals surface area contributed by atoms with Gasteiger partial charge in [-0.05, 0) is 81.6 Å².